The average molecular weight is 315 g/mol. The van der Waals surface area contributed by atoms with Gasteiger partial charge in [-0.15, -0.1) is 0 Å². The molecule has 0 saturated heterocycles. The molecular formula is C14H13BrF2O. The third kappa shape index (κ3) is 2.64. The maximum atomic E-state index is 13.6. The number of benzene rings is 1. The minimum Gasteiger partial charge on any atom is -0.466 e. The lowest BCUT2D eigenvalue weighted by molar-refractivity contribution is 0.495. The highest BCUT2D eigenvalue weighted by Crippen LogP contribution is 2.32. The van der Waals surface area contributed by atoms with E-state index in [0.29, 0.717) is 12.0 Å². The van der Waals surface area contributed by atoms with Gasteiger partial charge in [0.1, 0.15) is 11.5 Å². The minimum atomic E-state index is -0.813. The van der Waals surface area contributed by atoms with Crippen LogP contribution in [0.5, 0.6) is 0 Å². The molecule has 0 saturated carbocycles. The van der Waals surface area contributed by atoms with Gasteiger partial charge in [-0.1, -0.05) is 28.1 Å². The molecule has 96 valence electrons. The molecule has 0 fully saturated rings. The van der Waals surface area contributed by atoms with Crippen LogP contribution in [0.1, 0.15) is 27.5 Å². The van der Waals surface area contributed by atoms with Gasteiger partial charge in [0, 0.05) is 10.4 Å². The number of hydrogen-bond acceptors (Lipinski definition) is 1. The summed E-state index contributed by atoms with van der Waals surface area (Å²) in [5.41, 5.74) is 1.33. The highest BCUT2D eigenvalue weighted by Gasteiger charge is 2.17. The fourth-order valence-electron chi connectivity index (χ4n) is 1.97. The van der Waals surface area contributed by atoms with E-state index in [0.717, 1.165) is 23.2 Å². The molecule has 2 rings (SSSR count). The second kappa shape index (κ2) is 5.22. The van der Waals surface area contributed by atoms with E-state index in [-0.39, 0.29) is 4.83 Å². The van der Waals surface area contributed by atoms with Crippen molar-refractivity contribution in [1.82, 2.24) is 0 Å². The second-order valence-corrected chi connectivity index (χ2v) is 5.36. The number of alkyl halides is 1. The van der Waals surface area contributed by atoms with Gasteiger partial charge >= 0.3 is 0 Å². The molecule has 18 heavy (non-hydrogen) atoms. The zero-order chi connectivity index (χ0) is 13.3. The summed E-state index contributed by atoms with van der Waals surface area (Å²) in [7, 11) is 0. The van der Waals surface area contributed by atoms with Crippen LogP contribution in [0.25, 0.3) is 0 Å². The first-order valence-corrected chi connectivity index (χ1v) is 6.54. The highest BCUT2D eigenvalue weighted by atomic mass is 79.9. The molecule has 0 spiro atoms. The van der Waals surface area contributed by atoms with Crippen molar-refractivity contribution in [2.45, 2.75) is 25.1 Å². The van der Waals surface area contributed by atoms with Crippen molar-refractivity contribution in [2.75, 3.05) is 0 Å². The lowest BCUT2D eigenvalue weighted by Gasteiger charge is -2.10. The molecule has 1 atom stereocenters. The summed E-state index contributed by atoms with van der Waals surface area (Å²) in [6, 6.07) is 6.14. The zero-order valence-corrected chi connectivity index (χ0v) is 11.7. The quantitative estimate of drug-likeness (QED) is 0.738. The largest absolute Gasteiger partial charge is 0.466 e. The van der Waals surface area contributed by atoms with Crippen molar-refractivity contribution in [3.63, 3.8) is 0 Å². The maximum absolute atomic E-state index is 13.6. The molecule has 0 bridgehead atoms. The van der Waals surface area contributed by atoms with E-state index in [1.807, 2.05) is 19.9 Å². The minimum absolute atomic E-state index is 0.0914. The van der Waals surface area contributed by atoms with Gasteiger partial charge in [0.2, 0.25) is 0 Å². The van der Waals surface area contributed by atoms with Gasteiger partial charge in [-0.25, -0.2) is 8.78 Å². The van der Waals surface area contributed by atoms with Gasteiger partial charge in [0.05, 0.1) is 0 Å². The molecule has 0 radical (unpaired) electrons. The van der Waals surface area contributed by atoms with Crippen LogP contribution < -0.4 is 0 Å². The van der Waals surface area contributed by atoms with Crippen LogP contribution in [-0.4, -0.2) is 0 Å². The molecule has 0 aliphatic rings. The smallest absolute Gasteiger partial charge is 0.162 e. The van der Waals surface area contributed by atoms with Crippen LogP contribution in [0.3, 0.4) is 0 Å². The van der Waals surface area contributed by atoms with Crippen molar-refractivity contribution in [1.29, 1.82) is 0 Å². The Morgan fingerprint density at radius 1 is 1.28 bits per heavy atom. The molecule has 1 aromatic heterocycles. The number of hydrogen-bond donors (Lipinski definition) is 0. The number of halogens is 3. The number of furan rings is 1. The Hall–Kier alpha value is -1.16. The predicted molar refractivity (Wildman–Crippen MR) is 69.9 cm³/mol. The second-order valence-electron chi connectivity index (χ2n) is 4.25. The summed E-state index contributed by atoms with van der Waals surface area (Å²) in [6.45, 7) is 3.72. The third-order valence-corrected chi connectivity index (χ3v) is 3.66. The van der Waals surface area contributed by atoms with Gasteiger partial charge in [-0.3, -0.25) is 0 Å². The Morgan fingerprint density at radius 3 is 2.61 bits per heavy atom. The lowest BCUT2D eigenvalue weighted by Crippen LogP contribution is -2.00. The molecule has 2 aromatic rings. The topological polar surface area (TPSA) is 13.1 Å². The van der Waals surface area contributed by atoms with E-state index >= 15 is 0 Å². The van der Waals surface area contributed by atoms with Gasteiger partial charge in [0.25, 0.3) is 0 Å². The Bertz CT molecular complexity index is 563. The fraction of sp³-hybridized carbons (Fsp3) is 0.286. The van der Waals surface area contributed by atoms with E-state index in [1.165, 1.54) is 6.07 Å². The monoisotopic (exact) mass is 314 g/mol. The van der Waals surface area contributed by atoms with E-state index in [4.69, 9.17) is 4.42 Å². The van der Waals surface area contributed by atoms with Crippen molar-refractivity contribution < 1.29 is 13.2 Å². The van der Waals surface area contributed by atoms with Crippen LogP contribution >= 0.6 is 15.9 Å². The molecular weight excluding hydrogens is 302 g/mol. The predicted octanol–water partition coefficient (Wildman–Crippen LogP) is 4.85. The summed E-state index contributed by atoms with van der Waals surface area (Å²) in [6.07, 6.45) is 0.378. The van der Waals surface area contributed by atoms with E-state index < -0.39 is 11.6 Å². The number of rotatable bonds is 3. The van der Waals surface area contributed by atoms with Crippen LogP contribution in [0.2, 0.25) is 0 Å². The van der Waals surface area contributed by atoms with Crippen molar-refractivity contribution >= 4 is 15.9 Å². The van der Waals surface area contributed by atoms with Gasteiger partial charge < -0.3 is 4.42 Å². The van der Waals surface area contributed by atoms with Crippen LogP contribution in [-0.2, 0) is 6.42 Å². The Balaban J connectivity index is 2.24. The molecule has 4 heteroatoms. The molecule has 0 N–H and O–H groups in total. The summed E-state index contributed by atoms with van der Waals surface area (Å²) < 4.78 is 32.1. The fourth-order valence-corrected chi connectivity index (χ4v) is 2.77. The first kappa shape index (κ1) is 13.3. The summed E-state index contributed by atoms with van der Waals surface area (Å²) in [5, 5.41) is 0. The van der Waals surface area contributed by atoms with Crippen LogP contribution in [0.15, 0.2) is 28.7 Å². The zero-order valence-electron chi connectivity index (χ0n) is 10.1. The molecule has 1 heterocycles. The van der Waals surface area contributed by atoms with Crippen molar-refractivity contribution in [2.24, 2.45) is 0 Å². The molecule has 1 aromatic carbocycles. The van der Waals surface area contributed by atoms with E-state index in [9.17, 15) is 8.78 Å². The van der Waals surface area contributed by atoms with Gasteiger partial charge in [-0.2, -0.15) is 0 Å². The third-order valence-electron chi connectivity index (χ3n) is 2.85. The standard InChI is InChI=1S/C14H13BrF2O/c1-8-6-11(9(2)18-8)12(15)7-10-4-3-5-13(16)14(10)17/h3-6,12H,7H2,1-2H3. The van der Waals surface area contributed by atoms with Crippen molar-refractivity contribution in [3.05, 3.63) is 58.5 Å². The van der Waals surface area contributed by atoms with Gasteiger partial charge in [0.15, 0.2) is 11.6 Å². The van der Waals surface area contributed by atoms with Crippen molar-refractivity contribution in [3.8, 4) is 0 Å². The summed E-state index contributed by atoms with van der Waals surface area (Å²) >= 11 is 3.50. The van der Waals surface area contributed by atoms with Crippen LogP contribution in [0.4, 0.5) is 8.78 Å². The highest BCUT2D eigenvalue weighted by molar-refractivity contribution is 9.09. The number of aryl methyl sites for hydroxylation is 2. The first-order chi connectivity index (χ1) is 8.49. The summed E-state index contributed by atoms with van der Waals surface area (Å²) in [5.74, 6) is 0.0185. The van der Waals surface area contributed by atoms with E-state index in [2.05, 4.69) is 15.9 Å². The molecule has 1 nitrogen and oxygen atoms in total. The maximum Gasteiger partial charge on any atom is 0.162 e. The Morgan fingerprint density at radius 2 is 2.00 bits per heavy atom. The SMILES string of the molecule is Cc1cc(C(Br)Cc2cccc(F)c2F)c(C)o1. The average Bonchev–Trinajstić information content (AvgIpc) is 2.64. The normalized spacial score (nSPS) is 12.7. The van der Waals surface area contributed by atoms with Crippen LogP contribution in [0, 0.1) is 25.5 Å². The molecule has 0 amide bonds. The Labute approximate surface area is 113 Å². The molecule has 0 aliphatic heterocycles. The molecule has 1 unspecified atom stereocenters. The van der Waals surface area contributed by atoms with Gasteiger partial charge in [-0.05, 0) is 38.0 Å². The summed E-state index contributed by atoms with van der Waals surface area (Å²) in [4.78, 5) is -0.0914. The first-order valence-electron chi connectivity index (χ1n) is 5.63. The lowest BCUT2D eigenvalue weighted by atomic mass is 10.0. The Kier molecular flexibility index (Phi) is 3.85. The van der Waals surface area contributed by atoms with E-state index in [1.54, 1.807) is 6.07 Å². The molecule has 0 aliphatic carbocycles.